The molecule has 0 radical (unpaired) electrons. The van der Waals surface area contributed by atoms with Crippen LogP contribution in [-0.2, 0) is 9.53 Å². The smallest absolute Gasteiger partial charge is 0.326 e. The van der Waals surface area contributed by atoms with Crippen LogP contribution in [-0.4, -0.2) is 50.7 Å². The van der Waals surface area contributed by atoms with Gasteiger partial charge in [-0.25, -0.2) is 0 Å². The summed E-state index contributed by atoms with van der Waals surface area (Å²) < 4.78 is 4.82. The number of nitrogens with one attached hydrogen (secondary N) is 1. The molecule has 0 aromatic heterocycles. The molecule has 1 unspecified atom stereocenters. The molecule has 0 amide bonds. The van der Waals surface area contributed by atoms with Crippen molar-refractivity contribution in [3.63, 3.8) is 0 Å². The predicted octanol–water partition coefficient (Wildman–Crippen LogP) is 0.725. The van der Waals surface area contributed by atoms with Crippen LogP contribution in [0.15, 0.2) is 0 Å². The summed E-state index contributed by atoms with van der Waals surface area (Å²) in [5.74, 6) is 0.00312. The number of hydrogen-bond acceptors (Lipinski definition) is 4. The highest BCUT2D eigenvalue weighted by molar-refractivity contribution is 5.80. The van der Waals surface area contributed by atoms with Crippen LogP contribution in [0.2, 0.25) is 0 Å². The first-order chi connectivity index (χ1) is 6.84. The Morgan fingerprint density at radius 3 is 2.33 bits per heavy atom. The van der Waals surface area contributed by atoms with E-state index in [0.717, 1.165) is 13.1 Å². The van der Waals surface area contributed by atoms with Crippen LogP contribution in [0, 0.1) is 5.92 Å². The average molecular weight is 216 g/mol. The van der Waals surface area contributed by atoms with E-state index in [1.807, 2.05) is 34.9 Å². The van der Waals surface area contributed by atoms with Crippen LogP contribution < -0.4 is 5.32 Å². The fourth-order valence-electron chi connectivity index (χ4n) is 1.26. The lowest BCUT2D eigenvalue weighted by Gasteiger charge is -2.32. The van der Waals surface area contributed by atoms with Crippen LogP contribution >= 0.6 is 0 Å². The molecule has 0 saturated carbocycles. The number of nitrogens with zero attached hydrogens (tertiary/aromatic N) is 1. The number of esters is 1. The molecule has 0 bridgehead atoms. The lowest BCUT2D eigenvalue weighted by molar-refractivity contribution is -0.149. The number of likely N-dealkylation sites (N-methyl/N-ethyl adjacent to an activating group) is 1. The van der Waals surface area contributed by atoms with Gasteiger partial charge in [0.25, 0.3) is 0 Å². The Morgan fingerprint density at radius 2 is 2.00 bits per heavy atom. The maximum absolute atomic E-state index is 11.7. The zero-order valence-corrected chi connectivity index (χ0v) is 10.8. The molecule has 0 aliphatic carbocycles. The van der Waals surface area contributed by atoms with E-state index < -0.39 is 5.54 Å². The third kappa shape index (κ3) is 4.18. The van der Waals surface area contributed by atoms with Crippen LogP contribution in [0.5, 0.6) is 0 Å². The fraction of sp³-hybridized carbons (Fsp3) is 0.909. The second-order valence-electron chi connectivity index (χ2n) is 4.58. The van der Waals surface area contributed by atoms with Crippen molar-refractivity contribution >= 4 is 5.97 Å². The van der Waals surface area contributed by atoms with Crippen molar-refractivity contribution in [3.8, 4) is 0 Å². The maximum Gasteiger partial charge on any atom is 0.326 e. The standard InChI is InChI=1S/C11H24N2O2/c1-9(2)11(3,10(14)15-6)12-7-8-13(4)5/h9,12H,7-8H2,1-6H3. The fourth-order valence-corrected chi connectivity index (χ4v) is 1.26. The zero-order valence-electron chi connectivity index (χ0n) is 10.8. The molecule has 0 rings (SSSR count). The summed E-state index contributed by atoms with van der Waals surface area (Å²) in [6.45, 7) is 7.59. The average Bonchev–Trinajstić information content (AvgIpc) is 2.15. The van der Waals surface area contributed by atoms with E-state index in [1.54, 1.807) is 0 Å². The molecule has 0 saturated heterocycles. The minimum atomic E-state index is -0.592. The van der Waals surface area contributed by atoms with Gasteiger partial charge in [-0.15, -0.1) is 0 Å². The van der Waals surface area contributed by atoms with E-state index in [2.05, 4.69) is 10.2 Å². The number of carbonyl (C=O) groups is 1. The molecule has 1 N–H and O–H groups in total. The number of carbonyl (C=O) groups excluding carboxylic acids is 1. The van der Waals surface area contributed by atoms with Crippen molar-refractivity contribution in [3.05, 3.63) is 0 Å². The zero-order chi connectivity index (χ0) is 12.1. The summed E-state index contributed by atoms with van der Waals surface area (Å²) in [4.78, 5) is 13.7. The monoisotopic (exact) mass is 216 g/mol. The summed E-state index contributed by atoms with van der Waals surface area (Å²) in [5, 5.41) is 3.26. The second kappa shape index (κ2) is 6.08. The Kier molecular flexibility index (Phi) is 5.83. The highest BCUT2D eigenvalue weighted by Crippen LogP contribution is 2.17. The van der Waals surface area contributed by atoms with Gasteiger partial charge in [-0.3, -0.25) is 4.79 Å². The second-order valence-corrected chi connectivity index (χ2v) is 4.58. The van der Waals surface area contributed by atoms with Crippen molar-refractivity contribution in [1.82, 2.24) is 10.2 Å². The van der Waals surface area contributed by atoms with Crippen molar-refractivity contribution < 1.29 is 9.53 Å². The number of methoxy groups -OCH3 is 1. The molecule has 0 aliphatic rings. The van der Waals surface area contributed by atoms with Crippen molar-refractivity contribution in [2.24, 2.45) is 5.92 Å². The Balaban J connectivity index is 4.33. The first kappa shape index (κ1) is 14.4. The van der Waals surface area contributed by atoms with Gasteiger partial charge in [-0.05, 0) is 26.9 Å². The summed E-state index contributed by atoms with van der Waals surface area (Å²) in [6.07, 6.45) is 0. The molecule has 4 nitrogen and oxygen atoms in total. The molecule has 1 atom stereocenters. The summed E-state index contributed by atoms with van der Waals surface area (Å²) in [6, 6.07) is 0. The van der Waals surface area contributed by atoms with Gasteiger partial charge in [0.15, 0.2) is 0 Å². The van der Waals surface area contributed by atoms with Crippen LogP contribution in [0.4, 0.5) is 0 Å². The van der Waals surface area contributed by atoms with Gasteiger partial charge < -0.3 is 15.0 Å². The van der Waals surface area contributed by atoms with E-state index in [4.69, 9.17) is 4.74 Å². The van der Waals surface area contributed by atoms with Gasteiger partial charge in [-0.2, -0.15) is 0 Å². The van der Waals surface area contributed by atoms with Crippen molar-refractivity contribution in [2.45, 2.75) is 26.3 Å². The van der Waals surface area contributed by atoms with Gasteiger partial charge in [-0.1, -0.05) is 13.8 Å². The van der Waals surface area contributed by atoms with Crippen LogP contribution in [0.1, 0.15) is 20.8 Å². The Hall–Kier alpha value is -0.610. The molecule has 0 fully saturated rings. The molecule has 0 aromatic rings. The molecule has 0 spiro atoms. The van der Waals surface area contributed by atoms with Gasteiger partial charge in [0.05, 0.1) is 7.11 Å². The summed E-state index contributed by atoms with van der Waals surface area (Å²) >= 11 is 0. The van der Waals surface area contributed by atoms with Crippen LogP contribution in [0.25, 0.3) is 0 Å². The normalized spacial score (nSPS) is 15.5. The third-order valence-electron chi connectivity index (χ3n) is 2.82. The topological polar surface area (TPSA) is 41.6 Å². The van der Waals surface area contributed by atoms with Crippen molar-refractivity contribution in [1.29, 1.82) is 0 Å². The van der Waals surface area contributed by atoms with Crippen LogP contribution in [0.3, 0.4) is 0 Å². The van der Waals surface area contributed by atoms with Crippen molar-refractivity contribution in [2.75, 3.05) is 34.3 Å². The highest BCUT2D eigenvalue weighted by Gasteiger charge is 2.36. The Labute approximate surface area is 93.0 Å². The van der Waals surface area contributed by atoms with Gasteiger partial charge in [0, 0.05) is 13.1 Å². The molecule has 0 heterocycles. The van der Waals surface area contributed by atoms with Gasteiger partial charge >= 0.3 is 5.97 Å². The Morgan fingerprint density at radius 1 is 1.47 bits per heavy atom. The SMILES string of the molecule is COC(=O)C(C)(NCCN(C)C)C(C)C. The minimum absolute atomic E-state index is 0.198. The Bertz CT molecular complexity index is 205. The molecular weight excluding hydrogens is 192 g/mol. The first-order valence-corrected chi connectivity index (χ1v) is 5.32. The minimum Gasteiger partial charge on any atom is -0.468 e. The number of ether oxygens (including phenoxy) is 1. The van der Waals surface area contributed by atoms with E-state index in [9.17, 15) is 4.79 Å². The lowest BCUT2D eigenvalue weighted by Crippen LogP contribution is -2.55. The largest absolute Gasteiger partial charge is 0.468 e. The quantitative estimate of drug-likeness (QED) is 0.664. The van der Waals surface area contributed by atoms with E-state index in [0.29, 0.717) is 0 Å². The van der Waals surface area contributed by atoms with E-state index in [-0.39, 0.29) is 11.9 Å². The number of hydrogen-bond donors (Lipinski definition) is 1. The molecule has 90 valence electrons. The molecule has 0 aliphatic heterocycles. The maximum atomic E-state index is 11.7. The highest BCUT2D eigenvalue weighted by atomic mass is 16.5. The van der Waals surface area contributed by atoms with Gasteiger partial charge in [0.1, 0.15) is 5.54 Å². The number of rotatable bonds is 6. The molecule has 0 aromatic carbocycles. The molecular formula is C11H24N2O2. The summed E-state index contributed by atoms with van der Waals surface area (Å²) in [7, 11) is 5.44. The molecule has 15 heavy (non-hydrogen) atoms. The van der Waals surface area contributed by atoms with E-state index in [1.165, 1.54) is 7.11 Å². The van der Waals surface area contributed by atoms with Gasteiger partial charge in [0.2, 0.25) is 0 Å². The summed E-state index contributed by atoms with van der Waals surface area (Å²) in [5.41, 5.74) is -0.592. The lowest BCUT2D eigenvalue weighted by atomic mass is 9.88. The van der Waals surface area contributed by atoms with E-state index >= 15 is 0 Å². The molecule has 4 heteroatoms. The predicted molar refractivity (Wildman–Crippen MR) is 61.8 cm³/mol. The first-order valence-electron chi connectivity index (χ1n) is 5.32. The third-order valence-corrected chi connectivity index (χ3v) is 2.82.